The first-order valence-electron chi connectivity index (χ1n) is 9.11. The van der Waals surface area contributed by atoms with Gasteiger partial charge in [-0.25, -0.2) is 9.36 Å². The Hall–Kier alpha value is -3.65. The van der Waals surface area contributed by atoms with Crippen molar-refractivity contribution in [1.29, 1.82) is 0 Å². The molecule has 0 bridgehead atoms. The van der Waals surface area contributed by atoms with Crippen molar-refractivity contribution in [2.45, 2.75) is 13.5 Å². The zero-order valence-electron chi connectivity index (χ0n) is 16.3. The number of halogens is 1. The minimum atomic E-state index is -0.422. The average molecular weight is 424 g/mol. The van der Waals surface area contributed by atoms with E-state index in [4.69, 9.17) is 16.3 Å². The van der Waals surface area contributed by atoms with Crippen LogP contribution in [0, 0.1) is 6.92 Å². The van der Waals surface area contributed by atoms with E-state index in [1.807, 2.05) is 0 Å². The van der Waals surface area contributed by atoms with E-state index in [-0.39, 0.29) is 12.5 Å². The number of amides is 1. The van der Waals surface area contributed by atoms with Crippen LogP contribution in [-0.4, -0.2) is 32.6 Å². The van der Waals surface area contributed by atoms with Crippen LogP contribution in [0.25, 0.3) is 16.6 Å². The lowest BCUT2D eigenvalue weighted by Crippen LogP contribution is -2.31. The molecule has 152 valence electrons. The van der Waals surface area contributed by atoms with Gasteiger partial charge >= 0.3 is 0 Å². The SMILES string of the molecule is COc1cccc(NC(=O)Cn2nc(C)c3cnn(-c4cccc(Cl)c4)c3c2=O)c1. The molecule has 0 aliphatic heterocycles. The predicted octanol–water partition coefficient (Wildman–Crippen LogP) is 3.19. The molecule has 4 rings (SSSR count). The number of hydrogen-bond donors (Lipinski definition) is 1. The number of aromatic nitrogens is 4. The zero-order chi connectivity index (χ0) is 21.3. The molecule has 0 saturated heterocycles. The maximum Gasteiger partial charge on any atom is 0.293 e. The third-order valence-electron chi connectivity index (χ3n) is 4.57. The predicted molar refractivity (Wildman–Crippen MR) is 114 cm³/mol. The van der Waals surface area contributed by atoms with Gasteiger partial charge in [-0.05, 0) is 37.3 Å². The van der Waals surface area contributed by atoms with Crippen molar-refractivity contribution < 1.29 is 9.53 Å². The first-order chi connectivity index (χ1) is 14.5. The Morgan fingerprint density at radius 3 is 2.77 bits per heavy atom. The molecule has 1 amide bonds. The van der Waals surface area contributed by atoms with Gasteiger partial charge in [0.25, 0.3) is 5.56 Å². The number of nitrogens with one attached hydrogen (secondary N) is 1. The maximum absolute atomic E-state index is 13.1. The number of anilines is 1. The maximum atomic E-state index is 13.1. The highest BCUT2D eigenvalue weighted by Gasteiger charge is 2.17. The van der Waals surface area contributed by atoms with Crippen molar-refractivity contribution >= 4 is 34.1 Å². The molecule has 0 aliphatic carbocycles. The second kappa shape index (κ2) is 8.00. The molecule has 0 aliphatic rings. The molecule has 0 radical (unpaired) electrons. The lowest BCUT2D eigenvalue weighted by molar-refractivity contribution is -0.117. The van der Waals surface area contributed by atoms with Crippen LogP contribution in [-0.2, 0) is 11.3 Å². The standard InChI is InChI=1S/C21H18ClN5O3/c1-13-18-11-23-27(16-7-3-5-14(22)9-16)20(18)21(29)26(25-13)12-19(28)24-15-6-4-8-17(10-15)30-2/h3-11H,12H2,1-2H3,(H,24,28). The molecule has 0 atom stereocenters. The molecule has 0 spiro atoms. The van der Waals surface area contributed by atoms with Gasteiger partial charge in [0, 0.05) is 22.2 Å². The number of nitrogens with zero attached hydrogens (tertiary/aromatic N) is 4. The minimum absolute atomic E-state index is 0.243. The number of carbonyl (C=O) groups is 1. The van der Waals surface area contributed by atoms with E-state index in [2.05, 4.69) is 15.5 Å². The van der Waals surface area contributed by atoms with Crippen LogP contribution >= 0.6 is 11.6 Å². The summed E-state index contributed by atoms with van der Waals surface area (Å²) in [4.78, 5) is 25.6. The fourth-order valence-electron chi connectivity index (χ4n) is 3.17. The Morgan fingerprint density at radius 2 is 2.00 bits per heavy atom. The number of aryl methyl sites for hydroxylation is 1. The van der Waals surface area contributed by atoms with Crippen LogP contribution in [0.4, 0.5) is 5.69 Å². The summed E-state index contributed by atoms with van der Waals surface area (Å²) in [7, 11) is 1.55. The van der Waals surface area contributed by atoms with Gasteiger partial charge in [0.15, 0.2) is 0 Å². The second-order valence-corrected chi connectivity index (χ2v) is 7.06. The van der Waals surface area contributed by atoms with Crippen molar-refractivity contribution in [3.8, 4) is 11.4 Å². The number of rotatable bonds is 5. The number of benzene rings is 2. The molecule has 2 heterocycles. The van der Waals surface area contributed by atoms with Gasteiger partial charge in [-0.15, -0.1) is 0 Å². The first-order valence-corrected chi connectivity index (χ1v) is 9.49. The van der Waals surface area contributed by atoms with E-state index >= 15 is 0 Å². The fraction of sp³-hybridized carbons (Fsp3) is 0.143. The van der Waals surface area contributed by atoms with Crippen LogP contribution in [0.3, 0.4) is 0 Å². The van der Waals surface area contributed by atoms with Crippen LogP contribution < -0.4 is 15.6 Å². The molecule has 0 unspecified atom stereocenters. The molecule has 1 N–H and O–H groups in total. The van der Waals surface area contributed by atoms with Crippen molar-refractivity contribution in [2.24, 2.45) is 0 Å². The minimum Gasteiger partial charge on any atom is -0.497 e. The summed E-state index contributed by atoms with van der Waals surface area (Å²) in [5, 5.41) is 12.5. The lowest BCUT2D eigenvalue weighted by Gasteiger charge is -2.10. The second-order valence-electron chi connectivity index (χ2n) is 6.63. The lowest BCUT2D eigenvalue weighted by atomic mass is 10.2. The summed E-state index contributed by atoms with van der Waals surface area (Å²) in [6, 6.07) is 14.0. The molecule has 0 saturated carbocycles. The Balaban J connectivity index is 1.69. The monoisotopic (exact) mass is 423 g/mol. The van der Waals surface area contributed by atoms with Gasteiger partial charge in [-0.2, -0.15) is 10.2 Å². The highest BCUT2D eigenvalue weighted by atomic mass is 35.5. The van der Waals surface area contributed by atoms with Crippen molar-refractivity contribution in [1.82, 2.24) is 19.6 Å². The normalized spacial score (nSPS) is 10.9. The number of fused-ring (bicyclic) bond motifs is 1. The highest BCUT2D eigenvalue weighted by molar-refractivity contribution is 6.30. The quantitative estimate of drug-likeness (QED) is 0.532. The molecule has 30 heavy (non-hydrogen) atoms. The molecule has 4 aromatic rings. The smallest absolute Gasteiger partial charge is 0.293 e. The number of methoxy groups -OCH3 is 1. The van der Waals surface area contributed by atoms with Crippen molar-refractivity contribution in [3.63, 3.8) is 0 Å². The van der Waals surface area contributed by atoms with E-state index in [0.29, 0.717) is 38.7 Å². The van der Waals surface area contributed by atoms with Gasteiger partial charge in [-0.1, -0.05) is 23.7 Å². The summed E-state index contributed by atoms with van der Waals surface area (Å²) in [5.74, 6) is 0.233. The summed E-state index contributed by atoms with van der Waals surface area (Å²) in [6.07, 6.45) is 1.58. The number of ether oxygens (including phenoxy) is 1. The Kier molecular flexibility index (Phi) is 5.24. The van der Waals surface area contributed by atoms with E-state index in [1.54, 1.807) is 68.8 Å². The Labute approximate surface area is 176 Å². The van der Waals surface area contributed by atoms with Gasteiger partial charge < -0.3 is 10.1 Å². The van der Waals surface area contributed by atoms with Gasteiger partial charge in [0.2, 0.25) is 5.91 Å². The number of hydrogen-bond acceptors (Lipinski definition) is 5. The average Bonchev–Trinajstić information content (AvgIpc) is 3.18. The van der Waals surface area contributed by atoms with Crippen molar-refractivity contribution in [2.75, 3.05) is 12.4 Å². The van der Waals surface area contributed by atoms with Gasteiger partial charge in [-0.3, -0.25) is 9.59 Å². The highest BCUT2D eigenvalue weighted by Crippen LogP contribution is 2.20. The fourth-order valence-corrected chi connectivity index (χ4v) is 3.35. The largest absolute Gasteiger partial charge is 0.497 e. The molecule has 0 fully saturated rings. The molecule has 2 aromatic carbocycles. The first kappa shape index (κ1) is 19.7. The third-order valence-corrected chi connectivity index (χ3v) is 4.80. The van der Waals surface area contributed by atoms with E-state index in [1.165, 1.54) is 4.68 Å². The molecule has 2 aromatic heterocycles. The van der Waals surface area contributed by atoms with Crippen LogP contribution in [0.2, 0.25) is 5.02 Å². The third kappa shape index (κ3) is 3.77. The van der Waals surface area contributed by atoms with Crippen LogP contribution in [0.15, 0.2) is 59.5 Å². The molecule has 8 nitrogen and oxygen atoms in total. The summed E-state index contributed by atoms with van der Waals surface area (Å²) in [6.45, 7) is 1.52. The number of carbonyl (C=O) groups excluding carboxylic acids is 1. The van der Waals surface area contributed by atoms with Crippen LogP contribution in [0.1, 0.15) is 5.69 Å². The van der Waals surface area contributed by atoms with E-state index in [9.17, 15) is 9.59 Å². The molecular formula is C21H18ClN5O3. The summed E-state index contributed by atoms with van der Waals surface area (Å²) in [5.41, 5.74) is 1.71. The van der Waals surface area contributed by atoms with Gasteiger partial charge in [0.1, 0.15) is 17.8 Å². The Morgan fingerprint density at radius 1 is 1.20 bits per heavy atom. The van der Waals surface area contributed by atoms with E-state index < -0.39 is 5.56 Å². The van der Waals surface area contributed by atoms with Crippen LogP contribution in [0.5, 0.6) is 5.75 Å². The van der Waals surface area contributed by atoms with Gasteiger partial charge in [0.05, 0.1) is 24.7 Å². The zero-order valence-corrected chi connectivity index (χ0v) is 17.1. The topological polar surface area (TPSA) is 91.0 Å². The summed E-state index contributed by atoms with van der Waals surface area (Å²) < 4.78 is 7.80. The van der Waals surface area contributed by atoms with E-state index in [0.717, 1.165) is 4.68 Å². The van der Waals surface area contributed by atoms with Crippen molar-refractivity contribution in [3.05, 3.63) is 75.8 Å². The Bertz CT molecular complexity index is 1310. The molecule has 9 heteroatoms. The molecular weight excluding hydrogens is 406 g/mol. The summed E-state index contributed by atoms with van der Waals surface area (Å²) >= 11 is 6.08.